The van der Waals surface area contributed by atoms with Crippen LogP contribution in [0.3, 0.4) is 0 Å². The number of rotatable bonds is 5. The standard InChI is InChI=1S/C17H18N2O/c1-13(19-2)16-7-4-8-17(10-16)20-12-15-6-3-5-14(9-15)11-18/h3-10,13,19H,12H2,1-2H3. The second kappa shape index (κ2) is 6.74. The van der Waals surface area contributed by atoms with E-state index in [0.717, 1.165) is 11.3 Å². The number of ether oxygens (including phenoxy) is 1. The molecule has 3 heteroatoms. The summed E-state index contributed by atoms with van der Waals surface area (Å²) < 4.78 is 5.79. The second-order valence-corrected chi connectivity index (χ2v) is 4.68. The predicted octanol–water partition coefficient (Wildman–Crippen LogP) is 3.42. The molecule has 2 rings (SSSR count). The molecule has 0 aliphatic heterocycles. The molecule has 0 heterocycles. The van der Waals surface area contributed by atoms with E-state index in [2.05, 4.69) is 24.4 Å². The zero-order valence-corrected chi connectivity index (χ0v) is 11.8. The Morgan fingerprint density at radius 2 is 2.00 bits per heavy atom. The van der Waals surface area contributed by atoms with Crippen LogP contribution in [0.1, 0.15) is 29.7 Å². The van der Waals surface area contributed by atoms with Gasteiger partial charge in [-0.2, -0.15) is 5.26 Å². The number of hydrogen-bond acceptors (Lipinski definition) is 3. The molecule has 1 N–H and O–H groups in total. The molecule has 3 nitrogen and oxygen atoms in total. The van der Waals surface area contributed by atoms with Crippen LogP contribution in [0.5, 0.6) is 5.75 Å². The summed E-state index contributed by atoms with van der Waals surface area (Å²) in [4.78, 5) is 0. The molecule has 0 amide bonds. The van der Waals surface area contributed by atoms with Crippen molar-refractivity contribution in [2.75, 3.05) is 7.05 Å². The summed E-state index contributed by atoms with van der Waals surface area (Å²) in [6.45, 7) is 2.57. The Hall–Kier alpha value is -2.31. The van der Waals surface area contributed by atoms with Crippen molar-refractivity contribution in [3.63, 3.8) is 0 Å². The lowest BCUT2D eigenvalue weighted by Gasteiger charge is -2.13. The van der Waals surface area contributed by atoms with E-state index in [1.807, 2.05) is 43.4 Å². The first-order valence-corrected chi connectivity index (χ1v) is 6.62. The van der Waals surface area contributed by atoms with Crippen LogP contribution in [-0.4, -0.2) is 7.05 Å². The highest BCUT2D eigenvalue weighted by Gasteiger charge is 2.04. The highest BCUT2D eigenvalue weighted by Crippen LogP contribution is 2.20. The van der Waals surface area contributed by atoms with Gasteiger partial charge < -0.3 is 10.1 Å². The van der Waals surface area contributed by atoms with E-state index in [0.29, 0.717) is 18.2 Å². The summed E-state index contributed by atoms with van der Waals surface area (Å²) in [5.74, 6) is 0.840. The van der Waals surface area contributed by atoms with Gasteiger partial charge in [0.15, 0.2) is 0 Å². The Kier molecular flexibility index (Phi) is 4.75. The zero-order chi connectivity index (χ0) is 14.4. The van der Waals surface area contributed by atoms with Crippen molar-refractivity contribution in [1.82, 2.24) is 5.32 Å². The lowest BCUT2D eigenvalue weighted by atomic mass is 10.1. The van der Waals surface area contributed by atoms with Crippen molar-refractivity contribution in [3.8, 4) is 11.8 Å². The molecule has 0 fully saturated rings. The largest absolute Gasteiger partial charge is 0.489 e. The summed E-state index contributed by atoms with van der Waals surface area (Å²) in [5.41, 5.74) is 2.84. The van der Waals surface area contributed by atoms with Gasteiger partial charge in [0.1, 0.15) is 12.4 Å². The third kappa shape index (κ3) is 3.59. The van der Waals surface area contributed by atoms with Crippen LogP contribution in [0, 0.1) is 11.3 Å². The molecule has 2 aromatic carbocycles. The molecule has 0 bridgehead atoms. The van der Waals surface area contributed by atoms with Gasteiger partial charge in [-0.1, -0.05) is 24.3 Å². The van der Waals surface area contributed by atoms with Gasteiger partial charge in [-0.15, -0.1) is 0 Å². The molecular formula is C17H18N2O. The van der Waals surface area contributed by atoms with Gasteiger partial charge in [0.2, 0.25) is 0 Å². The molecule has 102 valence electrons. The normalized spacial score (nSPS) is 11.7. The Balaban J connectivity index is 2.05. The number of nitriles is 1. The molecule has 0 spiro atoms. The van der Waals surface area contributed by atoms with E-state index in [1.165, 1.54) is 5.56 Å². The first-order chi connectivity index (χ1) is 9.72. The quantitative estimate of drug-likeness (QED) is 0.902. The molecule has 0 saturated heterocycles. The van der Waals surface area contributed by atoms with Crippen molar-refractivity contribution >= 4 is 0 Å². The number of nitrogens with zero attached hydrogens (tertiary/aromatic N) is 1. The monoisotopic (exact) mass is 266 g/mol. The lowest BCUT2D eigenvalue weighted by molar-refractivity contribution is 0.305. The fraction of sp³-hybridized carbons (Fsp3) is 0.235. The summed E-state index contributed by atoms with van der Waals surface area (Å²) in [7, 11) is 1.94. The molecule has 0 radical (unpaired) electrons. The van der Waals surface area contributed by atoms with E-state index in [4.69, 9.17) is 10.00 Å². The van der Waals surface area contributed by atoms with E-state index in [-0.39, 0.29) is 0 Å². The molecular weight excluding hydrogens is 248 g/mol. The van der Waals surface area contributed by atoms with Crippen molar-refractivity contribution in [2.24, 2.45) is 0 Å². The maximum atomic E-state index is 8.87. The molecule has 1 unspecified atom stereocenters. The minimum Gasteiger partial charge on any atom is -0.489 e. The van der Waals surface area contributed by atoms with Crippen LogP contribution < -0.4 is 10.1 Å². The molecule has 20 heavy (non-hydrogen) atoms. The summed E-state index contributed by atoms with van der Waals surface area (Å²) in [6, 6.07) is 17.9. The molecule has 0 aliphatic carbocycles. The van der Waals surface area contributed by atoms with E-state index < -0.39 is 0 Å². The molecule has 0 aliphatic rings. The number of nitrogens with one attached hydrogen (secondary N) is 1. The fourth-order valence-corrected chi connectivity index (χ4v) is 1.94. The highest BCUT2D eigenvalue weighted by atomic mass is 16.5. The van der Waals surface area contributed by atoms with Crippen molar-refractivity contribution in [3.05, 3.63) is 65.2 Å². The van der Waals surface area contributed by atoms with Gasteiger partial charge in [-0.05, 0) is 49.4 Å². The predicted molar refractivity (Wildman–Crippen MR) is 79.4 cm³/mol. The fourth-order valence-electron chi connectivity index (χ4n) is 1.94. The average Bonchev–Trinajstić information content (AvgIpc) is 2.52. The lowest BCUT2D eigenvalue weighted by Crippen LogP contribution is -2.12. The average molecular weight is 266 g/mol. The second-order valence-electron chi connectivity index (χ2n) is 4.68. The van der Waals surface area contributed by atoms with Gasteiger partial charge in [0.25, 0.3) is 0 Å². The smallest absolute Gasteiger partial charge is 0.120 e. The van der Waals surface area contributed by atoms with Crippen molar-refractivity contribution in [2.45, 2.75) is 19.6 Å². The Morgan fingerprint density at radius 1 is 1.20 bits per heavy atom. The Bertz CT molecular complexity index is 616. The van der Waals surface area contributed by atoms with Gasteiger partial charge >= 0.3 is 0 Å². The van der Waals surface area contributed by atoms with Crippen LogP contribution in [0.4, 0.5) is 0 Å². The van der Waals surface area contributed by atoms with Gasteiger partial charge in [-0.25, -0.2) is 0 Å². The van der Waals surface area contributed by atoms with Gasteiger partial charge in [-0.3, -0.25) is 0 Å². The van der Waals surface area contributed by atoms with E-state index >= 15 is 0 Å². The maximum Gasteiger partial charge on any atom is 0.120 e. The van der Waals surface area contributed by atoms with Crippen molar-refractivity contribution < 1.29 is 4.74 Å². The number of benzene rings is 2. The van der Waals surface area contributed by atoms with E-state index in [9.17, 15) is 0 Å². The third-order valence-electron chi connectivity index (χ3n) is 3.25. The van der Waals surface area contributed by atoms with Crippen molar-refractivity contribution in [1.29, 1.82) is 5.26 Å². The van der Waals surface area contributed by atoms with E-state index in [1.54, 1.807) is 6.07 Å². The van der Waals surface area contributed by atoms with Gasteiger partial charge in [0.05, 0.1) is 11.6 Å². The number of hydrogen-bond donors (Lipinski definition) is 1. The SMILES string of the molecule is CNC(C)c1cccc(OCc2cccc(C#N)c2)c1. The van der Waals surface area contributed by atoms with Crippen LogP contribution in [0.2, 0.25) is 0 Å². The molecule has 2 aromatic rings. The molecule has 1 atom stereocenters. The topological polar surface area (TPSA) is 45.0 Å². The van der Waals surface area contributed by atoms with Crippen LogP contribution in [0.25, 0.3) is 0 Å². The molecule has 0 aromatic heterocycles. The minimum absolute atomic E-state index is 0.292. The first-order valence-electron chi connectivity index (χ1n) is 6.62. The van der Waals surface area contributed by atoms with Crippen LogP contribution in [-0.2, 0) is 6.61 Å². The van der Waals surface area contributed by atoms with Crippen LogP contribution in [0.15, 0.2) is 48.5 Å². The minimum atomic E-state index is 0.292. The first kappa shape index (κ1) is 14.1. The summed E-state index contributed by atoms with van der Waals surface area (Å²) >= 11 is 0. The highest BCUT2D eigenvalue weighted by molar-refractivity contribution is 5.34. The maximum absolute atomic E-state index is 8.87. The Morgan fingerprint density at radius 3 is 2.75 bits per heavy atom. The van der Waals surface area contributed by atoms with Crippen LogP contribution >= 0.6 is 0 Å². The Labute approximate surface area is 119 Å². The molecule has 0 saturated carbocycles. The summed E-state index contributed by atoms with van der Waals surface area (Å²) in [5, 5.41) is 12.1. The zero-order valence-electron chi connectivity index (χ0n) is 11.8. The van der Waals surface area contributed by atoms with Gasteiger partial charge in [0, 0.05) is 6.04 Å². The third-order valence-corrected chi connectivity index (χ3v) is 3.25. The summed E-state index contributed by atoms with van der Waals surface area (Å²) in [6.07, 6.45) is 0.